The first kappa shape index (κ1) is 6.94. The van der Waals surface area contributed by atoms with Gasteiger partial charge in [0.1, 0.15) is 0 Å². The molecule has 0 aromatic heterocycles. The maximum absolute atomic E-state index is 2.50. The van der Waals surface area contributed by atoms with Gasteiger partial charge in [0.2, 0.25) is 0 Å². The summed E-state index contributed by atoms with van der Waals surface area (Å²) in [5.74, 6) is 1.98. The fraction of sp³-hybridized carbons (Fsp3) is 0.667. The minimum Gasteiger partial charge on any atom is -0.0807 e. The fourth-order valence-electron chi connectivity index (χ4n) is 3.21. The van der Waals surface area contributed by atoms with Crippen LogP contribution in [0.5, 0.6) is 0 Å². The zero-order chi connectivity index (χ0) is 7.97. The van der Waals surface area contributed by atoms with E-state index in [1.807, 2.05) is 0 Å². The third-order valence-electron chi connectivity index (χ3n) is 3.78. The Hall–Kier alpha value is -0.520. The highest BCUT2D eigenvalue weighted by atomic mass is 14.5. The van der Waals surface area contributed by atoms with Gasteiger partial charge in [-0.25, -0.2) is 0 Å². The average Bonchev–Trinajstić information content (AvgIpc) is 2.14. The number of allylic oxidation sites excluding steroid dienone is 4. The van der Waals surface area contributed by atoms with Crippen molar-refractivity contribution in [2.75, 3.05) is 0 Å². The van der Waals surface area contributed by atoms with Crippen LogP contribution < -0.4 is 0 Å². The Bertz CT molecular complexity index is 229. The van der Waals surface area contributed by atoms with Crippen LogP contribution in [0.25, 0.3) is 0 Å². The smallest absolute Gasteiger partial charge is 0.00934 e. The Morgan fingerprint density at radius 3 is 1.83 bits per heavy atom. The molecular formula is C12H16. The van der Waals surface area contributed by atoms with Crippen LogP contribution in [-0.2, 0) is 0 Å². The van der Waals surface area contributed by atoms with Gasteiger partial charge in [0.25, 0.3) is 0 Å². The molecule has 1 fully saturated rings. The molecule has 1 saturated carbocycles. The van der Waals surface area contributed by atoms with E-state index in [0.29, 0.717) is 0 Å². The predicted molar refractivity (Wildman–Crippen MR) is 50.8 cm³/mol. The molecule has 0 heterocycles. The third-order valence-corrected chi connectivity index (χ3v) is 3.78. The van der Waals surface area contributed by atoms with Crippen molar-refractivity contribution in [1.29, 1.82) is 0 Å². The second-order valence-corrected chi connectivity index (χ2v) is 4.39. The van der Waals surface area contributed by atoms with Crippen molar-refractivity contribution in [1.82, 2.24) is 0 Å². The molecule has 0 N–H and O–H groups in total. The van der Waals surface area contributed by atoms with E-state index < -0.39 is 0 Å². The van der Waals surface area contributed by atoms with Gasteiger partial charge in [0, 0.05) is 0 Å². The molecule has 0 bridgehead atoms. The third kappa shape index (κ3) is 0.784. The molecule has 0 amide bonds. The number of hydrogen-bond acceptors (Lipinski definition) is 0. The topological polar surface area (TPSA) is 0 Å². The second kappa shape index (κ2) is 2.48. The molecule has 0 saturated heterocycles. The predicted octanol–water partition coefficient (Wildman–Crippen LogP) is 3.45. The van der Waals surface area contributed by atoms with Gasteiger partial charge >= 0.3 is 0 Å². The summed E-state index contributed by atoms with van der Waals surface area (Å²) in [7, 11) is 0. The summed E-state index contributed by atoms with van der Waals surface area (Å²) in [6.07, 6.45) is 13.5. The van der Waals surface area contributed by atoms with E-state index in [1.165, 1.54) is 38.5 Å². The minimum atomic E-state index is 0.991. The molecule has 2 atom stereocenters. The van der Waals surface area contributed by atoms with Crippen LogP contribution in [-0.4, -0.2) is 0 Å². The largest absolute Gasteiger partial charge is 0.0807 e. The van der Waals surface area contributed by atoms with Gasteiger partial charge < -0.3 is 0 Å². The Morgan fingerprint density at radius 1 is 0.833 bits per heavy atom. The quantitative estimate of drug-likeness (QED) is 0.509. The Kier molecular flexibility index (Phi) is 1.44. The normalized spacial score (nSPS) is 38.7. The summed E-state index contributed by atoms with van der Waals surface area (Å²) in [6, 6.07) is 0. The molecule has 0 aromatic rings. The first-order chi connectivity index (χ1) is 5.97. The first-order valence-corrected chi connectivity index (χ1v) is 5.37. The van der Waals surface area contributed by atoms with Crippen molar-refractivity contribution >= 4 is 0 Å². The van der Waals surface area contributed by atoms with Gasteiger partial charge in [-0.1, -0.05) is 12.2 Å². The van der Waals surface area contributed by atoms with E-state index in [4.69, 9.17) is 0 Å². The maximum atomic E-state index is 2.50. The molecule has 0 spiro atoms. The van der Waals surface area contributed by atoms with E-state index in [1.54, 1.807) is 11.1 Å². The summed E-state index contributed by atoms with van der Waals surface area (Å²) in [4.78, 5) is 0. The van der Waals surface area contributed by atoms with E-state index >= 15 is 0 Å². The Morgan fingerprint density at radius 2 is 1.33 bits per heavy atom. The molecule has 3 aliphatic rings. The Balaban J connectivity index is 1.95. The highest BCUT2D eigenvalue weighted by molar-refractivity contribution is 5.47. The van der Waals surface area contributed by atoms with Crippen molar-refractivity contribution in [2.24, 2.45) is 11.8 Å². The van der Waals surface area contributed by atoms with Crippen molar-refractivity contribution in [2.45, 2.75) is 38.5 Å². The lowest BCUT2D eigenvalue weighted by molar-refractivity contribution is 0.287. The van der Waals surface area contributed by atoms with Crippen molar-refractivity contribution in [3.63, 3.8) is 0 Å². The van der Waals surface area contributed by atoms with Crippen molar-refractivity contribution in [3.8, 4) is 0 Å². The molecule has 0 unspecified atom stereocenters. The van der Waals surface area contributed by atoms with E-state index in [9.17, 15) is 0 Å². The number of hydrogen-bond donors (Lipinski definition) is 0. The van der Waals surface area contributed by atoms with Crippen LogP contribution in [0.4, 0.5) is 0 Å². The summed E-state index contributed by atoms with van der Waals surface area (Å²) >= 11 is 0. The van der Waals surface area contributed by atoms with Gasteiger partial charge in [-0.3, -0.25) is 0 Å². The molecule has 0 radical (unpaired) electrons. The van der Waals surface area contributed by atoms with Crippen molar-refractivity contribution < 1.29 is 0 Å². The standard InChI is InChI=1S/C12H16/c1-2-6-10-9(5-1)11-7-3-4-8-12(10)11/h5,7,10,12H,1-4,6,8H2/t10-,12+/m0/s1. The molecule has 64 valence electrons. The second-order valence-electron chi connectivity index (χ2n) is 4.39. The van der Waals surface area contributed by atoms with Crippen LogP contribution in [0, 0.1) is 11.8 Å². The summed E-state index contributed by atoms with van der Waals surface area (Å²) in [5, 5.41) is 0. The van der Waals surface area contributed by atoms with Crippen LogP contribution in [0.3, 0.4) is 0 Å². The van der Waals surface area contributed by atoms with E-state index in [-0.39, 0.29) is 0 Å². The number of fused-ring (bicyclic) bond motifs is 4. The van der Waals surface area contributed by atoms with E-state index in [0.717, 1.165) is 11.8 Å². The Labute approximate surface area is 74.4 Å². The molecule has 3 aliphatic carbocycles. The average molecular weight is 160 g/mol. The lowest BCUT2D eigenvalue weighted by atomic mass is 9.58. The molecule has 0 aromatic carbocycles. The van der Waals surface area contributed by atoms with Gasteiger partial charge in [-0.05, 0) is 61.5 Å². The highest BCUT2D eigenvalue weighted by Crippen LogP contribution is 2.54. The molecule has 3 rings (SSSR count). The maximum Gasteiger partial charge on any atom is -0.00934 e. The van der Waals surface area contributed by atoms with Crippen LogP contribution in [0.1, 0.15) is 38.5 Å². The van der Waals surface area contributed by atoms with Crippen molar-refractivity contribution in [3.05, 3.63) is 23.3 Å². The summed E-state index contributed by atoms with van der Waals surface area (Å²) < 4.78 is 0. The van der Waals surface area contributed by atoms with E-state index in [2.05, 4.69) is 12.2 Å². The molecule has 0 nitrogen and oxygen atoms in total. The summed E-state index contributed by atoms with van der Waals surface area (Å²) in [6.45, 7) is 0. The van der Waals surface area contributed by atoms with Gasteiger partial charge in [-0.2, -0.15) is 0 Å². The lowest BCUT2D eigenvalue weighted by Gasteiger charge is -2.47. The van der Waals surface area contributed by atoms with Gasteiger partial charge in [0.15, 0.2) is 0 Å². The van der Waals surface area contributed by atoms with Gasteiger partial charge in [-0.15, -0.1) is 0 Å². The SMILES string of the molecule is C1=C2C3=CCCC[C@@H]3[C@H]2CCC1. The minimum absolute atomic E-state index is 0.991. The van der Waals surface area contributed by atoms with Gasteiger partial charge in [0.05, 0.1) is 0 Å². The van der Waals surface area contributed by atoms with Crippen LogP contribution >= 0.6 is 0 Å². The van der Waals surface area contributed by atoms with Crippen LogP contribution in [0.2, 0.25) is 0 Å². The molecular weight excluding hydrogens is 144 g/mol. The monoisotopic (exact) mass is 160 g/mol. The lowest BCUT2D eigenvalue weighted by Crippen LogP contribution is -2.35. The fourth-order valence-corrected chi connectivity index (χ4v) is 3.21. The summed E-state index contributed by atoms with van der Waals surface area (Å²) in [5.41, 5.74) is 3.48. The zero-order valence-electron chi connectivity index (χ0n) is 7.55. The van der Waals surface area contributed by atoms with Crippen LogP contribution in [0.15, 0.2) is 23.3 Å². The first-order valence-electron chi connectivity index (χ1n) is 5.37. The zero-order valence-corrected chi connectivity index (χ0v) is 7.55. The number of rotatable bonds is 0. The molecule has 0 aliphatic heterocycles. The molecule has 0 heteroatoms. The highest BCUT2D eigenvalue weighted by Gasteiger charge is 2.41. The molecule has 12 heavy (non-hydrogen) atoms.